The van der Waals surface area contributed by atoms with Gasteiger partial charge in [0.05, 0.1) is 6.54 Å². The fraction of sp³-hybridized carbons (Fsp3) is 0.789. The van der Waals surface area contributed by atoms with Crippen LogP contribution < -0.4 is 10.6 Å². The van der Waals surface area contributed by atoms with Crippen LogP contribution in [0.15, 0.2) is 12.2 Å². The highest BCUT2D eigenvalue weighted by Crippen LogP contribution is 2.55. The van der Waals surface area contributed by atoms with Crippen LogP contribution in [0.2, 0.25) is 0 Å². The number of imide groups is 1. The Kier molecular flexibility index (Phi) is 5.00. The average Bonchev–Trinajstić information content (AvgIpc) is 2.43. The van der Waals surface area contributed by atoms with Gasteiger partial charge in [-0.1, -0.05) is 19.1 Å². The first-order valence-electron chi connectivity index (χ1n) is 9.36. The van der Waals surface area contributed by atoms with E-state index in [1.807, 2.05) is 18.7 Å². The first-order chi connectivity index (χ1) is 11.4. The molecule has 0 aromatic carbocycles. The number of carbonyl (C=O) groups is 2. The summed E-state index contributed by atoms with van der Waals surface area (Å²) in [5.41, 5.74) is 0.962. The van der Waals surface area contributed by atoms with Gasteiger partial charge in [-0.05, 0) is 69.7 Å². The second-order valence-corrected chi connectivity index (χ2v) is 8.46. The van der Waals surface area contributed by atoms with E-state index in [0.717, 1.165) is 49.1 Å². The number of carbonyl (C=O) groups excluding carboxylic acids is 2. The normalized spacial score (nSPS) is 33.5. The molecular weight excluding hydrogens is 302 g/mol. The molecule has 0 aromatic heterocycles. The maximum Gasteiger partial charge on any atom is 0.321 e. The van der Waals surface area contributed by atoms with Gasteiger partial charge in [-0.25, -0.2) is 4.79 Å². The van der Waals surface area contributed by atoms with Gasteiger partial charge in [0, 0.05) is 12.1 Å². The van der Waals surface area contributed by atoms with Gasteiger partial charge < -0.3 is 5.32 Å². The lowest BCUT2D eigenvalue weighted by molar-refractivity contribution is -0.121. The summed E-state index contributed by atoms with van der Waals surface area (Å²) in [6, 6.07) is -0.312. The molecule has 0 unspecified atom stereocenters. The van der Waals surface area contributed by atoms with Crippen molar-refractivity contribution < 1.29 is 9.59 Å². The lowest BCUT2D eigenvalue weighted by Crippen LogP contribution is -2.62. The van der Waals surface area contributed by atoms with Crippen molar-refractivity contribution in [1.29, 1.82) is 0 Å². The molecule has 0 radical (unpaired) electrons. The highest BCUT2D eigenvalue weighted by atomic mass is 16.2. The SMILES string of the molecule is C=C(C)CN(CC)CC(=O)NC(=O)NC12CC3CC(CC(C3)C1)C2. The molecule has 4 bridgehead atoms. The Morgan fingerprint density at radius 1 is 1.08 bits per heavy atom. The molecule has 4 saturated carbocycles. The summed E-state index contributed by atoms with van der Waals surface area (Å²) in [4.78, 5) is 26.5. The number of nitrogens with zero attached hydrogens (tertiary/aromatic N) is 1. The van der Waals surface area contributed by atoms with Gasteiger partial charge in [0.1, 0.15) is 0 Å². The molecule has 5 heteroatoms. The third-order valence-corrected chi connectivity index (χ3v) is 5.98. The van der Waals surface area contributed by atoms with Crippen LogP contribution in [0.5, 0.6) is 0 Å². The van der Waals surface area contributed by atoms with Gasteiger partial charge >= 0.3 is 6.03 Å². The fourth-order valence-corrected chi connectivity index (χ4v) is 5.57. The van der Waals surface area contributed by atoms with E-state index >= 15 is 0 Å². The molecule has 4 rings (SSSR count). The molecule has 0 heterocycles. The predicted molar refractivity (Wildman–Crippen MR) is 94.5 cm³/mol. The molecule has 24 heavy (non-hydrogen) atoms. The van der Waals surface area contributed by atoms with Crippen LogP contribution in [0.3, 0.4) is 0 Å². The minimum absolute atomic E-state index is 0.0543. The Hall–Kier alpha value is -1.36. The summed E-state index contributed by atoms with van der Waals surface area (Å²) in [5, 5.41) is 5.71. The second kappa shape index (κ2) is 6.87. The minimum Gasteiger partial charge on any atom is -0.332 e. The Morgan fingerprint density at radius 2 is 1.62 bits per heavy atom. The Balaban J connectivity index is 1.50. The third kappa shape index (κ3) is 4.00. The van der Waals surface area contributed by atoms with E-state index in [1.165, 1.54) is 19.3 Å². The van der Waals surface area contributed by atoms with Gasteiger partial charge in [0.2, 0.25) is 5.91 Å². The summed E-state index contributed by atoms with van der Waals surface area (Å²) in [5.74, 6) is 2.09. The zero-order valence-corrected chi connectivity index (χ0v) is 15.1. The quantitative estimate of drug-likeness (QED) is 0.735. The van der Waals surface area contributed by atoms with Gasteiger partial charge in [0.15, 0.2) is 0 Å². The van der Waals surface area contributed by atoms with Crippen LogP contribution in [-0.4, -0.2) is 42.0 Å². The van der Waals surface area contributed by atoms with Gasteiger partial charge in [-0.2, -0.15) is 0 Å². The van der Waals surface area contributed by atoms with Crippen LogP contribution in [0.4, 0.5) is 4.79 Å². The molecule has 5 nitrogen and oxygen atoms in total. The highest BCUT2D eigenvalue weighted by Gasteiger charge is 2.51. The van der Waals surface area contributed by atoms with Crippen molar-refractivity contribution in [3.05, 3.63) is 12.2 Å². The molecule has 0 aromatic rings. The standard InChI is InChI=1S/C19H31N3O2/c1-4-22(11-13(2)3)12-17(23)20-18(24)21-19-8-14-5-15(9-19)7-16(6-14)10-19/h14-16H,2,4-12H2,1,3H3,(H2,20,21,23,24). The third-order valence-electron chi connectivity index (χ3n) is 5.98. The van der Waals surface area contributed by atoms with Crippen molar-refractivity contribution in [2.45, 2.75) is 57.9 Å². The smallest absolute Gasteiger partial charge is 0.321 e. The highest BCUT2D eigenvalue weighted by molar-refractivity contribution is 5.95. The summed E-state index contributed by atoms with van der Waals surface area (Å²) in [6.07, 6.45) is 7.31. The molecule has 134 valence electrons. The first-order valence-corrected chi connectivity index (χ1v) is 9.36. The summed E-state index contributed by atoms with van der Waals surface area (Å²) in [6.45, 7) is 9.51. The molecule has 2 N–H and O–H groups in total. The number of amides is 3. The van der Waals surface area contributed by atoms with Crippen LogP contribution >= 0.6 is 0 Å². The molecule has 4 fully saturated rings. The van der Waals surface area contributed by atoms with E-state index in [2.05, 4.69) is 17.2 Å². The molecule has 4 aliphatic rings. The number of hydrogen-bond donors (Lipinski definition) is 2. The average molecular weight is 333 g/mol. The van der Waals surface area contributed by atoms with Crippen molar-refractivity contribution in [3.63, 3.8) is 0 Å². The zero-order valence-electron chi connectivity index (χ0n) is 15.1. The zero-order chi connectivity index (χ0) is 17.3. The summed E-state index contributed by atoms with van der Waals surface area (Å²) >= 11 is 0. The maximum absolute atomic E-state index is 12.4. The largest absolute Gasteiger partial charge is 0.332 e. The molecule has 0 saturated heterocycles. The predicted octanol–water partition coefficient (Wildman–Crippen LogP) is 2.68. The first kappa shape index (κ1) is 17.5. The van der Waals surface area contributed by atoms with Gasteiger partial charge in [-0.15, -0.1) is 0 Å². The van der Waals surface area contributed by atoms with Gasteiger partial charge in [0.25, 0.3) is 0 Å². The van der Waals surface area contributed by atoms with E-state index in [0.29, 0.717) is 6.54 Å². The van der Waals surface area contributed by atoms with E-state index in [4.69, 9.17) is 0 Å². The van der Waals surface area contributed by atoms with Crippen molar-refractivity contribution in [1.82, 2.24) is 15.5 Å². The number of urea groups is 1. The molecule has 0 atom stereocenters. The van der Waals surface area contributed by atoms with E-state index in [9.17, 15) is 9.59 Å². The molecule has 0 aliphatic heterocycles. The number of rotatable bonds is 6. The van der Waals surface area contributed by atoms with E-state index in [1.54, 1.807) is 0 Å². The fourth-order valence-electron chi connectivity index (χ4n) is 5.57. The second-order valence-electron chi connectivity index (χ2n) is 8.46. The van der Waals surface area contributed by atoms with Crippen LogP contribution in [-0.2, 0) is 4.79 Å². The minimum atomic E-state index is -0.312. The summed E-state index contributed by atoms with van der Waals surface area (Å²) in [7, 11) is 0. The lowest BCUT2D eigenvalue weighted by atomic mass is 9.53. The number of nitrogens with one attached hydrogen (secondary N) is 2. The molecule has 0 spiro atoms. The van der Waals surface area contributed by atoms with Crippen LogP contribution in [0.25, 0.3) is 0 Å². The molecular formula is C19H31N3O2. The van der Waals surface area contributed by atoms with Crippen LogP contribution in [0.1, 0.15) is 52.4 Å². The van der Waals surface area contributed by atoms with E-state index < -0.39 is 0 Å². The lowest BCUT2D eigenvalue weighted by Gasteiger charge is -2.56. The molecule has 4 aliphatic carbocycles. The summed E-state index contributed by atoms with van der Waals surface area (Å²) < 4.78 is 0. The Bertz CT molecular complexity index is 493. The maximum atomic E-state index is 12.4. The van der Waals surface area contributed by atoms with Crippen molar-refractivity contribution in [2.24, 2.45) is 17.8 Å². The van der Waals surface area contributed by atoms with Crippen LogP contribution in [0, 0.1) is 17.8 Å². The topological polar surface area (TPSA) is 61.4 Å². The molecule has 3 amide bonds. The Labute approximate surface area is 145 Å². The van der Waals surface area contributed by atoms with Gasteiger partial charge in [-0.3, -0.25) is 15.0 Å². The number of hydrogen-bond acceptors (Lipinski definition) is 3. The monoisotopic (exact) mass is 333 g/mol. The van der Waals surface area contributed by atoms with Crippen molar-refractivity contribution in [3.8, 4) is 0 Å². The van der Waals surface area contributed by atoms with E-state index in [-0.39, 0.29) is 24.0 Å². The number of likely N-dealkylation sites (N-methyl/N-ethyl adjacent to an activating group) is 1. The van der Waals surface area contributed by atoms with Crippen molar-refractivity contribution in [2.75, 3.05) is 19.6 Å². The Morgan fingerprint density at radius 3 is 2.08 bits per heavy atom. The van der Waals surface area contributed by atoms with Crippen molar-refractivity contribution >= 4 is 11.9 Å².